The number of nitrogens with zero attached hydrogens (tertiary/aromatic N) is 3. The molecule has 0 atom stereocenters. The number of halogens is 1. The van der Waals surface area contributed by atoms with Crippen molar-refractivity contribution in [1.82, 2.24) is 5.06 Å². The van der Waals surface area contributed by atoms with Gasteiger partial charge < -0.3 is 11.5 Å². The molecule has 0 bridgehead atoms. The summed E-state index contributed by atoms with van der Waals surface area (Å²) in [5.74, 6) is 0.560. The normalized spacial score (nSPS) is 19.7. The molecule has 1 spiro atoms. The highest BCUT2D eigenvalue weighted by atomic mass is 35.5. The SMILES string of the molecule is Cl.NC1=NC2(CCCCC2)N(OCCc2ccccc2)C(N)=N1. The third-order valence-corrected chi connectivity index (χ3v) is 4.25. The second kappa shape index (κ2) is 7.66. The van der Waals surface area contributed by atoms with Gasteiger partial charge in [0.2, 0.25) is 11.9 Å². The molecule has 1 aromatic rings. The van der Waals surface area contributed by atoms with Crippen LogP contribution < -0.4 is 11.5 Å². The molecule has 126 valence electrons. The zero-order valence-electron chi connectivity index (χ0n) is 13.1. The molecule has 1 aliphatic carbocycles. The summed E-state index contributed by atoms with van der Waals surface area (Å²) in [6.07, 6.45) is 6.03. The molecule has 0 saturated heterocycles. The summed E-state index contributed by atoms with van der Waals surface area (Å²) in [6.45, 7) is 0.539. The highest BCUT2D eigenvalue weighted by molar-refractivity contribution is 5.95. The topological polar surface area (TPSA) is 89.2 Å². The van der Waals surface area contributed by atoms with E-state index in [2.05, 4.69) is 22.1 Å². The number of hydrogen-bond acceptors (Lipinski definition) is 6. The van der Waals surface area contributed by atoms with Gasteiger partial charge in [-0.15, -0.1) is 12.4 Å². The fourth-order valence-electron chi connectivity index (χ4n) is 3.18. The quantitative estimate of drug-likeness (QED) is 0.881. The molecule has 23 heavy (non-hydrogen) atoms. The molecule has 1 fully saturated rings. The first kappa shape index (κ1) is 17.6. The van der Waals surface area contributed by atoms with Crippen molar-refractivity contribution in [2.24, 2.45) is 21.5 Å². The molecule has 0 unspecified atom stereocenters. The van der Waals surface area contributed by atoms with E-state index in [1.807, 2.05) is 18.2 Å². The van der Waals surface area contributed by atoms with Gasteiger partial charge in [0.25, 0.3) is 0 Å². The first-order valence-corrected chi connectivity index (χ1v) is 7.86. The monoisotopic (exact) mass is 337 g/mol. The van der Waals surface area contributed by atoms with Crippen LogP contribution in [0.1, 0.15) is 37.7 Å². The van der Waals surface area contributed by atoms with Crippen LogP contribution in [0.5, 0.6) is 0 Å². The smallest absolute Gasteiger partial charge is 0.226 e. The van der Waals surface area contributed by atoms with Gasteiger partial charge in [0.05, 0.1) is 6.61 Å². The van der Waals surface area contributed by atoms with Gasteiger partial charge >= 0.3 is 0 Å². The summed E-state index contributed by atoms with van der Waals surface area (Å²) >= 11 is 0. The van der Waals surface area contributed by atoms with E-state index in [1.165, 1.54) is 12.0 Å². The number of guanidine groups is 2. The van der Waals surface area contributed by atoms with Crippen LogP contribution >= 0.6 is 12.4 Å². The molecule has 3 rings (SSSR count). The fourth-order valence-corrected chi connectivity index (χ4v) is 3.18. The minimum Gasteiger partial charge on any atom is -0.368 e. The number of hydrogen-bond donors (Lipinski definition) is 2. The second-order valence-electron chi connectivity index (χ2n) is 5.85. The molecule has 7 heteroatoms. The van der Waals surface area contributed by atoms with E-state index >= 15 is 0 Å². The van der Waals surface area contributed by atoms with E-state index in [0.29, 0.717) is 12.6 Å². The van der Waals surface area contributed by atoms with Crippen molar-refractivity contribution in [2.75, 3.05) is 6.61 Å². The summed E-state index contributed by atoms with van der Waals surface area (Å²) < 4.78 is 0. The second-order valence-corrected chi connectivity index (χ2v) is 5.85. The van der Waals surface area contributed by atoms with Crippen LogP contribution in [0, 0.1) is 0 Å². The lowest BCUT2D eigenvalue weighted by atomic mass is 9.89. The van der Waals surface area contributed by atoms with Gasteiger partial charge in [0.1, 0.15) is 0 Å². The molecule has 1 heterocycles. The van der Waals surface area contributed by atoms with E-state index < -0.39 is 5.66 Å². The van der Waals surface area contributed by atoms with E-state index in [-0.39, 0.29) is 18.4 Å². The third-order valence-electron chi connectivity index (χ3n) is 4.25. The van der Waals surface area contributed by atoms with Crippen LogP contribution in [0.3, 0.4) is 0 Å². The molecule has 2 aliphatic rings. The molecule has 1 aliphatic heterocycles. The Morgan fingerprint density at radius 3 is 2.48 bits per heavy atom. The Morgan fingerprint density at radius 2 is 1.78 bits per heavy atom. The number of hydroxylamine groups is 2. The van der Waals surface area contributed by atoms with Crippen molar-refractivity contribution in [3.05, 3.63) is 35.9 Å². The van der Waals surface area contributed by atoms with E-state index in [1.54, 1.807) is 5.06 Å². The standard InChI is InChI=1S/C16H23N5O.ClH/c17-14-19-15(18)21(16(20-14)10-5-2-6-11-16)22-12-9-13-7-3-1-4-8-13;/h1,3-4,7-8H,2,5-6,9-12H2,(H4,17,18,19,20);1H. The summed E-state index contributed by atoms with van der Waals surface area (Å²) in [6, 6.07) is 10.2. The molecule has 0 amide bonds. The first-order chi connectivity index (χ1) is 10.7. The Balaban J connectivity index is 0.00000192. The average Bonchev–Trinajstić information content (AvgIpc) is 2.52. The number of benzene rings is 1. The molecule has 4 N–H and O–H groups in total. The van der Waals surface area contributed by atoms with E-state index in [0.717, 1.165) is 32.1 Å². The van der Waals surface area contributed by atoms with Gasteiger partial charge in [-0.25, -0.2) is 4.99 Å². The maximum atomic E-state index is 6.04. The van der Waals surface area contributed by atoms with Gasteiger partial charge in [-0.2, -0.15) is 10.1 Å². The Labute approximate surface area is 143 Å². The molecule has 1 saturated carbocycles. The Morgan fingerprint density at radius 1 is 1.09 bits per heavy atom. The highest BCUT2D eigenvalue weighted by Gasteiger charge is 2.42. The minimum absolute atomic E-state index is 0. The van der Waals surface area contributed by atoms with Crippen LogP contribution in [0.4, 0.5) is 0 Å². The molecular formula is C16H24ClN5O. The average molecular weight is 338 g/mol. The zero-order chi connectivity index (χ0) is 15.4. The minimum atomic E-state index is -0.467. The van der Waals surface area contributed by atoms with Gasteiger partial charge in [-0.05, 0) is 37.7 Å². The van der Waals surface area contributed by atoms with Crippen molar-refractivity contribution in [3.63, 3.8) is 0 Å². The molecule has 0 aromatic heterocycles. The lowest BCUT2D eigenvalue weighted by Gasteiger charge is -2.44. The van der Waals surface area contributed by atoms with Gasteiger partial charge in [-0.1, -0.05) is 36.8 Å². The molecule has 6 nitrogen and oxygen atoms in total. The van der Waals surface area contributed by atoms with Gasteiger partial charge in [-0.3, -0.25) is 4.84 Å². The van der Waals surface area contributed by atoms with Crippen LogP contribution in [0.25, 0.3) is 0 Å². The van der Waals surface area contributed by atoms with Crippen molar-refractivity contribution in [3.8, 4) is 0 Å². The van der Waals surface area contributed by atoms with Crippen molar-refractivity contribution in [1.29, 1.82) is 0 Å². The number of rotatable bonds is 4. The third kappa shape index (κ3) is 3.95. The predicted octanol–water partition coefficient (Wildman–Crippen LogP) is 2.19. The molecular weight excluding hydrogens is 314 g/mol. The fraction of sp³-hybridized carbons (Fsp3) is 0.500. The lowest BCUT2D eigenvalue weighted by molar-refractivity contribution is -0.176. The van der Waals surface area contributed by atoms with Crippen LogP contribution in [-0.4, -0.2) is 29.3 Å². The molecule has 0 radical (unpaired) electrons. The summed E-state index contributed by atoms with van der Waals surface area (Å²) in [5, 5.41) is 1.69. The van der Waals surface area contributed by atoms with Crippen molar-refractivity contribution in [2.45, 2.75) is 44.2 Å². The van der Waals surface area contributed by atoms with Crippen molar-refractivity contribution >= 4 is 24.3 Å². The Kier molecular flexibility index (Phi) is 5.85. The Hall–Kier alpha value is -1.79. The lowest BCUT2D eigenvalue weighted by Crippen LogP contribution is -2.57. The van der Waals surface area contributed by atoms with Crippen LogP contribution in [0.2, 0.25) is 0 Å². The van der Waals surface area contributed by atoms with Gasteiger partial charge in [0.15, 0.2) is 5.66 Å². The van der Waals surface area contributed by atoms with Gasteiger partial charge in [0, 0.05) is 0 Å². The largest absolute Gasteiger partial charge is 0.368 e. The maximum Gasteiger partial charge on any atom is 0.226 e. The summed E-state index contributed by atoms with van der Waals surface area (Å²) in [7, 11) is 0. The number of aliphatic imine (C=N–C) groups is 2. The first-order valence-electron chi connectivity index (χ1n) is 7.86. The van der Waals surface area contributed by atoms with Crippen LogP contribution in [-0.2, 0) is 11.3 Å². The maximum absolute atomic E-state index is 6.04. The predicted molar refractivity (Wildman–Crippen MR) is 94.2 cm³/mol. The number of nitrogens with two attached hydrogens (primary N) is 2. The summed E-state index contributed by atoms with van der Waals surface area (Å²) in [5.41, 5.74) is 12.6. The van der Waals surface area contributed by atoms with Crippen molar-refractivity contribution < 1.29 is 4.84 Å². The molecule has 1 aromatic carbocycles. The van der Waals surface area contributed by atoms with E-state index in [4.69, 9.17) is 16.3 Å². The van der Waals surface area contributed by atoms with Crippen LogP contribution in [0.15, 0.2) is 40.3 Å². The Bertz CT molecular complexity index is 569. The summed E-state index contributed by atoms with van der Waals surface area (Å²) in [4.78, 5) is 14.6. The highest BCUT2D eigenvalue weighted by Crippen LogP contribution is 2.36. The van der Waals surface area contributed by atoms with E-state index in [9.17, 15) is 0 Å². The zero-order valence-corrected chi connectivity index (χ0v) is 14.0.